The fourth-order valence-corrected chi connectivity index (χ4v) is 1.14. The number of rotatable bonds is 3. The van der Waals surface area contributed by atoms with Crippen LogP contribution in [0, 0.1) is 12.3 Å². The third-order valence-electron chi connectivity index (χ3n) is 1.85. The first-order chi connectivity index (χ1) is 8.33. The van der Waals surface area contributed by atoms with Crippen molar-refractivity contribution in [2.24, 2.45) is 0 Å². The highest BCUT2D eigenvalue weighted by Crippen LogP contribution is 2.28. The Kier molecular flexibility index (Phi) is 4.05. The van der Waals surface area contributed by atoms with Gasteiger partial charge in [0, 0.05) is 5.56 Å². The van der Waals surface area contributed by atoms with E-state index in [0.29, 0.717) is 0 Å². The van der Waals surface area contributed by atoms with Crippen LogP contribution in [0.1, 0.15) is 10.4 Å². The fraction of sp³-hybridized carbons (Fsp3) is 0.182. The summed E-state index contributed by atoms with van der Waals surface area (Å²) in [6, 6.07) is 3.20. The Morgan fingerprint density at radius 3 is 2.67 bits per heavy atom. The molecule has 0 heterocycles. The Labute approximate surface area is 101 Å². The maximum Gasteiger partial charge on any atom is 0.573 e. The van der Waals surface area contributed by atoms with Gasteiger partial charge in [0.2, 0.25) is 0 Å². The molecule has 1 amide bonds. The van der Waals surface area contributed by atoms with Gasteiger partial charge in [-0.05, 0) is 18.2 Å². The molecule has 0 fully saturated rings. The van der Waals surface area contributed by atoms with Crippen LogP contribution in [-0.4, -0.2) is 18.8 Å². The third-order valence-corrected chi connectivity index (χ3v) is 1.85. The van der Waals surface area contributed by atoms with Crippen molar-refractivity contribution >= 4 is 11.6 Å². The molecule has 0 aliphatic heterocycles. The second-order valence-corrected chi connectivity index (χ2v) is 3.19. The summed E-state index contributed by atoms with van der Waals surface area (Å²) in [5, 5.41) is 2.35. The number of nitrogens with one attached hydrogen (secondary N) is 1. The summed E-state index contributed by atoms with van der Waals surface area (Å²) >= 11 is 0. The molecule has 7 heteroatoms. The summed E-state index contributed by atoms with van der Waals surface area (Å²) in [6.45, 7) is 0.0134. The zero-order valence-electron chi connectivity index (χ0n) is 9.04. The molecule has 0 saturated carbocycles. The lowest BCUT2D eigenvalue weighted by Crippen LogP contribution is -2.24. The van der Waals surface area contributed by atoms with E-state index in [0.717, 1.165) is 18.2 Å². The quantitative estimate of drug-likeness (QED) is 0.638. The molecule has 0 radical (unpaired) electrons. The topological polar surface area (TPSA) is 64.3 Å². The molecule has 0 aromatic heterocycles. The minimum Gasteiger partial charge on any atom is -0.404 e. The number of terminal acetylenes is 1. The Bertz CT molecular complexity index is 492. The van der Waals surface area contributed by atoms with E-state index in [9.17, 15) is 18.0 Å². The predicted molar refractivity (Wildman–Crippen MR) is 58.7 cm³/mol. The van der Waals surface area contributed by atoms with Gasteiger partial charge in [-0.3, -0.25) is 4.79 Å². The van der Waals surface area contributed by atoms with Gasteiger partial charge >= 0.3 is 6.36 Å². The number of halogens is 3. The van der Waals surface area contributed by atoms with Gasteiger partial charge in [0.15, 0.2) is 5.75 Å². The zero-order valence-corrected chi connectivity index (χ0v) is 9.04. The number of nitrogen functional groups attached to an aromatic ring is 1. The van der Waals surface area contributed by atoms with Crippen LogP contribution in [0.25, 0.3) is 0 Å². The number of carbonyl (C=O) groups excluding carboxylic acids is 1. The van der Waals surface area contributed by atoms with E-state index in [1.54, 1.807) is 0 Å². The molecule has 0 atom stereocenters. The molecule has 96 valence electrons. The molecular weight excluding hydrogens is 249 g/mol. The van der Waals surface area contributed by atoms with Gasteiger partial charge in [0.1, 0.15) is 0 Å². The summed E-state index contributed by atoms with van der Waals surface area (Å²) < 4.78 is 39.6. The number of hydrogen-bond acceptors (Lipinski definition) is 3. The van der Waals surface area contributed by atoms with Crippen molar-refractivity contribution in [2.45, 2.75) is 6.36 Å². The molecule has 18 heavy (non-hydrogen) atoms. The minimum atomic E-state index is -4.83. The number of nitrogens with two attached hydrogens (primary N) is 1. The van der Waals surface area contributed by atoms with Gasteiger partial charge in [-0.25, -0.2) is 0 Å². The molecule has 0 spiro atoms. The first-order valence-corrected chi connectivity index (χ1v) is 4.70. The normalized spacial score (nSPS) is 10.6. The highest BCUT2D eigenvalue weighted by Gasteiger charge is 2.32. The molecule has 3 N–H and O–H groups in total. The van der Waals surface area contributed by atoms with E-state index >= 15 is 0 Å². The summed E-state index contributed by atoms with van der Waals surface area (Å²) in [5.41, 5.74) is 5.15. The SMILES string of the molecule is C#CCNC(=O)c1ccc(OC(F)(F)F)c(N)c1. The Balaban J connectivity index is 2.86. The lowest BCUT2D eigenvalue weighted by atomic mass is 10.2. The van der Waals surface area contributed by atoms with E-state index in [1.165, 1.54) is 0 Å². The molecule has 1 aromatic rings. The number of ether oxygens (including phenoxy) is 1. The van der Waals surface area contributed by atoms with Crippen LogP contribution >= 0.6 is 0 Å². The van der Waals surface area contributed by atoms with Crippen LogP contribution in [0.4, 0.5) is 18.9 Å². The average Bonchev–Trinajstić information content (AvgIpc) is 2.27. The van der Waals surface area contributed by atoms with Crippen LogP contribution in [-0.2, 0) is 0 Å². The lowest BCUT2D eigenvalue weighted by molar-refractivity contribution is -0.274. The van der Waals surface area contributed by atoms with Crippen molar-refractivity contribution in [1.82, 2.24) is 5.32 Å². The van der Waals surface area contributed by atoms with Crippen LogP contribution in [0.3, 0.4) is 0 Å². The van der Waals surface area contributed by atoms with Gasteiger partial charge < -0.3 is 15.8 Å². The summed E-state index contributed by atoms with van der Waals surface area (Å²) in [6.07, 6.45) is 0.112. The predicted octanol–water partition coefficient (Wildman–Crippen LogP) is 1.53. The van der Waals surface area contributed by atoms with Gasteiger partial charge in [-0.2, -0.15) is 0 Å². The Hall–Kier alpha value is -2.36. The summed E-state index contributed by atoms with van der Waals surface area (Å²) in [5.74, 6) is 1.10. The molecule has 0 saturated heterocycles. The molecule has 0 unspecified atom stereocenters. The fourth-order valence-electron chi connectivity index (χ4n) is 1.14. The average molecular weight is 258 g/mol. The molecule has 1 aromatic carbocycles. The first kappa shape index (κ1) is 13.7. The molecule has 4 nitrogen and oxygen atoms in total. The second kappa shape index (κ2) is 5.31. The van der Waals surface area contributed by atoms with Gasteiger partial charge in [-0.1, -0.05) is 5.92 Å². The van der Waals surface area contributed by atoms with Crippen molar-refractivity contribution in [1.29, 1.82) is 0 Å². The lowest BCUT2D eigenvalue weighted by Gasteiger charge is -2.11. The Morgan fingerprint density at radius 1 is 1.50 bits per heavy atom. The van der Waals surface area contributed by atoms with Gasteiger partial charge in [0.05, 0.1) is 12.2 Å². The van der Waals surface area contributed by atoms with Crippen molar-refractivity contribution in [3.05, 3.63) is 23.8 Å². The van der Waals surface area contributed by atoms with E-state index in [-0.39, 0.29) is 17.8 Å². The maximum absolute atomic E-state index is 12.0. The minimum absolute atomic E-state index is 0.0134. The van der Waals surface area contributed by atoms with E-state index in [4.69, 9.17) is 12.2 Å². The Morgan fingerprint density at radius 2 is 2.17 bits per heavy atom. The molecular formula is C11H9F3N2O2. The molecule has 1 rings (SSSR count). The highest BCUT2D eigenvalue weighted by molar-refractivity contribution is 5.95. The zero-order chi connectivity index (χ0) is 13.8. The highest BCUT2D eigenvalue weighted by atomic mass is 19.4. The number of hydrogen-bond donors (Lipinski definition) is 2. The van der Waals surface area contributed by atoms with E-state index < -0.39 is 18.0 Å². The summed E-state index contributed by atoms with van der Waals surface area (Å²) in [7, 11) is 0. The van der Waals surface area contributed by atoms with Crippen LogP contribution in [0.2, 0.25) is 0 Å². The molecule has 0 aliphatic carbocycles. The molecule has 0 aliphatic rings. The number of alkyl halides is 3. The van der Waals surface area contributed by atoms with Crippen molar-refractivity contribution in [3.63, 3.8) is 0 Å². The smallest absolute Gasteiger partial charge is 0.404 e. The van der Waals surface area contributed by atoms with Crippen molar-refractivity contribution in [3.8, 4) is 18.1 Å². The van der Waals surface area contributed by atoms with E-state index in [2.05, 4.69) is 16.0 Å². The third kappa shape index (κ3) is 3.90. The maximum atomic E-state index is 12.0. The van der Waals surface area contributed by atoms with Crippen molar-refractivity contribution in [2.75, 3.05) is 12.3 Å². The largest absolute Gasteiger partial charge is 0.573 e. The van der Waals surface area contributed by atoms with Gasteiger partial charge in [0.25, 0.3) is 5.91 Å². The number of benzene rings is 1. The number of carbonyl (C=O) groups is 1. The second-order valence-electron chi connectivity index (χ2n) is 3.19. The molecule has 0 bridgehead atoms. The van der Waals surface area contributed by atoms with Gasteiger partial charge in [-0.15, -0.1) is 19.6 Å². The monoisotopic (exact) mass is 258 g/mol. The number of amides is 1. The standard InChI is InChI=1S/C11H9F3N2O2/c1-2-5-16-10(17)7-3-4-9(8(15)6-7)18-11(12,13)14/h1,3-4,6H,5,15H2,(H,16,17). The summed E-state index contributed by atoms with van der Waals surface area (Å²) in [4.78, 5) is 11.4. The van der Waals surface area contributed by atoms with Crippen LogP contribution < -0.4 is 15.8 Å². The first-order valence-electron chi connectivity index (χ1n) is 4.70. The van der Waals surface area contributed by atoms with Crippen LogP contribution in [0.5, 0.6) is 5.75 Å². The van der Waals surface area contributed by atoms with E-state index in [1.807, 2.05) is 0 Å². The van der Waals surface area contributed by atoms with Crippen LogP contribution in [0.15, 0.2) is 18.2 Å². The number of anilines is 1. The van der Waals surface area contributed by atoms with Crippen molar-refractivity contribution < 1.29 is 22.7 Å².